The number of hydrogen-bond donors (Lipinski definition) is 0. The van der Waals surface area contributed by atoms with Gasteiger partial charge in [0.1, 0.15) is 0 Å². The zero-order chi connectivity index (χ0) is 14.8. The van der Waals surface area contributed by atoms with Crippen molar-refractivity contribution in [3.8, 4) is 0 Å². The molecule has 21 heavy (non-hydrogen) atoms. The van der Waals surface area contributed by atoms with Crippen LogP contribution in [0, 0.1) is 0 Å². The fraction of sp³-hybridized carbons (Fsp3) is 0.400. The first kappa shape index (κ1) is 14.1. The number of nitrogens with zero attached hydrogens (tertiary/aromatic N) is 4. The third kappa shape index (κ3) is 2.81. The van der Waals surface area contributed by atoms with E-state index in [0.29, 0.717) is 17.5 Å². The van der Waals surface area contributed by atoms with Gasteiger partial charge in [-0.2, -0.15) is 0 Å². The second-order valence-corrected chi connectivity index (χ2v) is 6.05. The van der Waals surface area contributed by atoms with E-state index >= 15 is 0 Å². The summed E-state index contributed by atoms with van der Waals surface area (Å²) in [6.45, 7) is 7.10. The Kier molecular flexibility index (Phi) is 3.96. The number of imidazole rings is 1. The van der Waals surface area contributed by atoms with E-state index in [4.69, 9.17) is 4.42 Å². The molecule has 6 heteroatoms. The molecule has 0 N–H and O–H groups in total. The van der Waals surface area contributed by atoms with Crippen molar-refractivity contribution in [2.75, 3.05) is 0 Å². The highest BCUT2D eigenvalue weighted by Gasteiger charge is 2.13. The van der Waals surface area contributed by atoms with Crippen molar-refractivity contribution < 1.29 is 4.42 Å². The average Bonchev–Trinajstić information content (AvgIpc) is 3.09. The molecule has 0 amide bonds. The fourth-order valence-corrected chi connectivity index (χ4v) is 3.07. The predicted octanol–water partition coefficient (Wildman–Crippen LogP) is 3.85. The van der Waals surface area contributed by atoms with Gasteiger partial charge in [-0.15, -0.1) is 10.2 Å². The molecular weight excluding hydrogens is 284 g/mol. The molecule has 0 saturated carbocycles. The quantitative estimate of drug-likeness (QED) is 0.670. The Labute approximate surface area is 127 Å². The first-order valence-corrected chi connectivity index (χ1v) is 8.08. The summed E-state index contributed by atoms with van der Waals surface area (Å²) in [5.41, 5.74) is 2.19. The lowest BCUT2D eigenvalue weighted by Crippen LogP contribution is -1.96. The molecule has 0 aliphatic heterocycles. The Morgan fingerprint density at radius 1 is 1.24 bits per heavy atom. The smallest absolute Gasteiger partial charge is 0.226 e. The minimum Gasteiger partial charge on any atom is -0.424 e. The molecule has 5 nitrogen and oxygen atoms in total. The normalized spacial score (nSPS) is 11.6. The largest absolute Gasteiger partial charge is 0.424 e. The van der Waals surface area contributed by atoms with Crippen molar-refractivity contribution in [3.05, 3.63) is 36.0 Å². The van der Waals surface area contributed by atoms with Gasteiger partial charge in [0.25, 0.3) is 0 Å². The molecular formula is C15H18N4OS. The minimum atomic E-state index is 0.261. The maximum absolute atomic E-state index is 5.63. The van der Waals surface area contributed by atoms with E-state index in [9.17, 15) is 0 Å². The highest BCUT2D eigenvalue weighted by Crippen LogP contribution is 2.26. The average molecular weight is 302 g/mol. The van der Waals surface area contributed by atoms with Crippen LogP contribution in [0.1, 0.15) is 38.5 Å². The number of rotatable bonds is 5. The summed E-state index contributed by atoms with van der Waals surface area (Å²) < 4.78 is 7.84. The van der Waals surface area contributed by atoms with Crippen LogP contribution >= 0.6 is 11.8 Å². The zero-order valence-corrected chi connectivity index (χ0v) is 13.2. The number of para-hydroxylation sites is 2. The third-order valence-electron chi connectivity index (χ3n) is 3.24. The Morgan fingerprint density at radius 3 is 2.76 bits per heavy atom. The molecule has 0 aliphatic carbocycles. The first-order valence-electron chi connectivity index (χ1n) is 7.09. The van der Waals surface area contributed by atoms with Crippen LogP contribution in [-0.4, -0.2) is 19.7 Å². The topological polar surface area (TPSA) is 56.7 Å². The lowest BCUT2D eigenvalue weighted by atomic mass is 10.2. The van der Waals surface area contributed by atoms with E-state index in [-0.39, 0.29) is 5.92 Å². The van der Waals surface area contributed by atoms with Gasteiger partial charge in [0.15, 0.2) is 5.16 Å². The molecule has 0 unspecified atom stereocenters. The van der Waals surface area contributed by atoms with Crippen molar-refractivity contribution in [1.29, 1.82) is 0 Å². The first-order chi connectivity index (χ1) is 10.2. The van der Waals surface area contributed by atoms with Crippen LogP contribution in [0.15, 0.2) is 33.8 Å². The summed E-state index contributed by atoms with van der Waals surface area (Å²) in [5, 5.41) is 9.13. The van der Waals surface area contributed by atoms with E-state index in [1.165, 1.54) is 0 Å². The molecule has 0 fully saturated rings. The van der Waals surface area contributed by atoms with E-state index in [0.717, 1.165) is 22.7 Å². The molecule has 0 bridgehead atoms. The van der Waals surface area contributed by atoms with E-state index < -0.39 is 0 Å². The summed E-state index contributed by atoms with van der Waals surface area (Å²) in [4.78, 5) is 4.68. The van der Waals surface area contributed by atoms with Gasteiger partial charge in [-0.1, -0.05) is 37.7 Å². The number of hydrogen-bond acceptors (Lipinski definition) is 5. The molecule has 0 spiro atoms. The molecule has 0 aliphatic rings. The molecule has 110 valence electrons. The maximum Gasteiger partial charge on any atom is 0.226 e. The molecule has 2 aromatic heterocycles. The van der Waals surface area contributed by atoms with Crippen molar-refractivity contribution in [3.63, 3.8) is 0 Å². The Bertz CT molecular complexity index is 747. The van der Waals surface area contributed by atoms with Gasteiger partial charge in [-0.05, 0) is 19.1 Å². The van der Waals surface area contributed by atoms with Crippen LogP contribution in [0.3, 0.4) is 0 Å². The van der Waals surface area contributed by atoms with Gasteiger partial charge in [0.2, 0.25) is 11.8 Å². The van der Waals surface area contributed by atoms with Crippen molar-refractivity contribution in [2.24, 2.45) is 0 Å². The maximum atomic E-state index is 5.63. The standard InChI is InChI=1S/C15H18N4OS/c1-4-19-12-8-6-5-7-11(12)16-15(19)21-9-13-17-18-14(20-13)10(2)3/h5-8,10H,4,9H2,1-3H3. The van der Waals surface area contributed by atoms with Gasteiger partial charge in [0, 0.05) is 12.5 Å². The second kappa shape index (κ2) is 5.89. The van der Waals surface area contributed by atoms with Gasteiger partial charge in [-0.3, -0.25) is 0 Å². The van der Waals surface area contributed by atoms with E-state index in [2.05, 4.69) is 32.7 Å². The van der Waals surface area contributed by atoms with Gasteiger partial charge in [0.05, 0.1) is 16.8 Å². The molecule has 0 atom stereocenters. The van der Waals surface area contributed by atoms with Crippen molar-refractivity contribution >= 4 is 22.8 Å². The lowest BCUT2D eigenvalue weighted by Gasteiger charge is -2.03. The number of benzene rings is 1. The van der Waals surface area contributed by atoms with Crippen LogP contribution in [-0.2, 0) is 12.3 Å². The molecule has 2 heterocycles. The summed E-state index contributed by atoms with van der Waals surface area (Å²) in [7, 11) is 0. The summed E-state index contributed by atoms with van der Waals surface area (Å²) in [6, 6.07) is 8.18. The highest BCUT2D eigenvalue weighted by atomic mass is 32.2. The molecule has 3 aromatic rings. The van der Waals surface area contributed by atoms with Crippen molar-refractivity contribution in [2.45, 2.75) is 44.1 Å². The second-order valence-electron chi connectivity index (χ2n) is 5.10. The van der Waals surface area contributed by atoms with Gasteiger partial charge >= 0.3 is 0 Å². The Hall–Kier alpha value is -1.82. The molecule has 0 radical (unpaired) electrons. The SMILES string of the molecule is CCn1c(SCc2nnc(C(C)C)o2)nc2ccccc21. The summed E-state index contributed by atoms with van der Waals surface area (Å²) in [5.74, 6) is 2.24. The minimum absolute atomic E-state index is 0.261. The van der Waals surface area contributed by atoms with Crippen LogP contribution in [0.4, 0.5) is 0 Å². The van der Waals surface area contributed by atoms with Crippen LogP contribution in [0.25, 0.3) is 11.0 Å². The number of aromatic nitrogens is 4. The van der Waals surface area contributed by atoms with Crippen molar-refractivity contribution in [1.82, 2.24) is 19.7 Å². The summed E-state index contributed by atoms with van der Waals surface area (Å²) >= 11 is 1.63. The number of thioether (sulfide) groups is 1. The fourth-order valence-electron chi connectivity index (χ4n) is 2.15. The van der Waals surface area contributed by atoms with Gasteiger partial charge in [-0.25, -0.2) is 4.98 Å². The number of aryl methyl sites for hydroxylation is 1. The van der Waals surface area contributed by atoms with E-state index in [1.54, 1.807) is 11.8 Å². The highest BCUT2D eigenvalue weighted by molar-refractivity contribution is 7.98. The number of fused-ring (bicyclic) bond motifs is 1. The molecule has 3 rings (SSSR count). The van der Waals surface area contributed by atoms with Crippen LogP contribution in [0.2, 0.25) is 0 Å². The van der Waals surface area contributed by atoms with Gasteiger partial charge < -0.3 is 8.98 Å². The summed E-state index contributed by atoms with van der Waals surface area (Å²) in [6.07, 6.45) is 0. The Morgan fingerprint density at radius 2 is 2.05 bits per heavy atom. The Balaban J connectivity index is 1.81. The lowest BCUT2D eigenvalue weighted by molar-refractivity contribution is 0.445. The third-order valence-corrected chi connectivity index (χ3v) is 4.20. The van der Waals surface area contributed by atoms with E-state index in [1.807, 2.05) is 32.0 Å². The molecule has 0 saturated heterocycles. The van der Waals surface area contributed by atoms with Crippen LogP contribution < -0.4 is 0 Å². The predicted molar refractivity (Wildman–Crippen MR) is 83.4 cm³/mol. The van der Waals surface area contributed by atoms with Crippen LogP contribution in [0.5, 0.6) is 0 Å². The monoisotopic (exact) mass is 302 g/mol. The zero-order valence-electron chi connectivity index (χ0n) is 12.4. The molecule has 1 aromatic carbocycles.